The van der Waals surface area contributed by atoms with Crippen LogP contribution >= 0.6 is 0 Å². The molecule has 102 valence electrons. The standard InChI is InChI=1S/C16H27NO/c1-4-7-8-9-10-11-15(17-6-3)16-13-12-14(5-2)18-16/h4,12-13,15,17H,1,5-11H2,2-3H3. The lowest BCUT2D eigenvalue weighted by atomic mass is 10.1. The van der Waals surface area contributed by atoms with Crippen molar-refractivity contribution < 1.29 is 4.42 Å². The van der Waals surface area contributed by atoms with Crippen LogP contribution in [0.3, 0.4) is 0 Å². The Balaban J connectivity index is 2.41. The quantitative estimate of drug-likeness (QED) is 0.483. The summed E-state index contributed by atoms with van der Waals surface area (Å²) < 4.78 is 5.85. The lowest BCUT2D eigenvalue weighted by molar-refractivity contribution is 0.376. The summed E-state index contributed by atoms with van der Waals surface area (Å²) in [6.45, 7) is 9.01. The second-order valence-corrected chi connectivity index (χ2v) is 4.69. The molecule has 1 atom stereocenters. The van der Waals surface area contributed by atoms with Crippen LogP contribution in [0.4, 0.5) is 0 Å². The van der Waals surface area contributed by atoms with Crippen molar-refractivity contribution in [1.29, 1.82) is 0 Å². The Morgan fingerprint density at radius 2 is 2.11 bits per heavy atom. The summed E-state index contributed by atoms with van der Waals surface area (Å²) in [6, 6.07) is 4.59. The van der Waals surface area contributed by atoms with Gasteiger partial charge in [0.1, 0.15) is 11.5 Å². The monoisotopic (exact) mass is 249 g/mol. The highest BCUT2D eigenvalue weighted by Crippen LogP contribution is 2.22. The molecule has 0 amide bonds. The van der Waals surface area contributed by atoms with Crippen molar-refractivity contribution >= 4 is 0 Å². The van der Waals surface area contributed by atoms with E-state index in [0.29, 0.717) is 6.04 Å². The number of hydrogen-bond donors (Lipinski definition) is 1. The minimum atomic E-state index is 0.374. The van der Waals surface area contributed by atoms with Gasteiger partial charge in [-0.25, -0.2) is 0 Å². The number of hydrogen-bond acceptors (Lipinski definition) is 2. The molecule has 0 aliphatic heterocycles. The van der Waals surface area contributed by atoms with Gasteiger partial charge in [0.25, 0.3) is 0 Å². The predicted octanol–water partition coefficient (Wildman–Crippen LogP) is 4.63. The Hall–Kier alpha value is -1.02. The van der Waals surface area contributed by atoms with Crippen molar-refractivity contribution in [3.8, 4) is 0 Å². The highest BCUT2D eigenvalue weighted by atomic mass is 16.3. The fourth-order valence-corrected chi connectivity index (χ4v) is 2.18. The third-order valence-corrected chi connectivity index (χ3v) is 3.23. The topological polar surface area (TPSA) is 25.2 Å². The van der Waals surface area contributed by atoms with E-state index in [-0.39, 0.29) is 0 Å². The van der Waals surface area contributed by atoms with Crippen LogP contribution in [0.5, 0.6) is 0 Å². The van der Waals surface area contributed by atoms with Gasteiger partial charge in [-0.2, -0.15) is 0 Å². The molecule has 1 aromatic rings. The number of nitrogens with one attached hydrogen (secondary N) is 1. The van der Waals surface area contributed by atoms with Crippen LogP contribution in [-0.2, 0) is 6.42 Å². The van der Waals surface area contributed by atoms with E-state index < -0.39 is 0 Å². The van der Waals surface area contributed by atoms with Crippen molar-refractivity contribution in [2.45, 2.75) is 58.4 Å². The van der Waals surface area contributed by atoms with E-state index in [9.17, 15) is 0 Å². The Labute approximate surface area is 111 Å². The first-order valence-corrected chi connectivity index (χ1v) is 7.24. The van der Waals surface area contributed by atoms with Crippen LogP contribution in [0.1, 0.15) is 63.5 Å². The molecule has 0 aromatic carbocycles. The zero-order chi connectivity index (χ0) is 13.2. The van der Waals surface area contributed by atoms with Gasteiger partial charge in [0, 0.05) is 6.42 Å². The lowest BCUT2D eigenvalue weighted by Crippen LogP contribution is -2.20. The molecule has 18 heavy (non-hydrogen) atoms. The van der Waals surface area contributed by atoms with Crippen LogP contribution in [0.25, 0.3) is 0 Å². The molecule has 1 rings (SSSR count). The van der Waals surface area contributed by atoms with Crippen LogP contribution in [-0.4, -0.2) is 6.54 Å². The molecule has 0 radical (unpaired) electrons. The van der Waals surface area contributed by atoms with E-state index >= 15 is 0 Å². The van der Waals surface area contributed by atoms with Crippen molar-refractivity contribution in [1.82, 2.24) is 5.32 Å². The maximum atomic E-state index is 5.85. The molecule has 1 unspecified atom stereocenters. The predicted molar refractivity (Wildman–Crippen MR) is 77.8 cm³/mol. The molecule has 1 N–H and O–H groups in total. The van der Waals surface area contributed by atoms with E-state index in [2.05, 4.69) is 37.9 Å². The Bertz CT molecular complexity index is 330. The normalized spacial score (nSPS) is 12.6. The summed E-state index contributed by atoms with van der Waals surface area (Å²) in [7, 11) is 0. The molecular formula is C16H27NO. The van der Waals surface area contributed by atoms with Crippen LogP contribution in [0, 0.1) is 0 Å². The van der Waals surface area contributed by atoms with E-state index in [1.165, 1.54) is 19.3 Å². The molecule has 0 fully saturated rings. The van der Waals surface area contributed by atoms with Crippen LogP contribution in [0.15, 0.2) is 29.2 Å². The zero-order valence-electron chi connectivity index (χ0n) is 11.9. The van der Waals surface area contributed by atoms with Gasteiger partial charge in [0.2, 0.25) is 0 Å². The number of allylic oxidation sites excluding steroid dienone is 1. The number of unbranched alkanes of at least 4 members (excludes halogenated alkanes) is 3. The fourth-order valence-electron chi connectivity index (χ4n) is 2.18. The first-order valence-electron chi connectivity index (χ1n) is 7.24. The summed E-state index contributed by atoms with van der Waals surface area (Å²) in [5, 5.41) is 3.51. The van der Waals surface area contributed by atoms with Crippen molar-refractivity contribution in [3.05, 3.63) is 36.3 Å². The molecule has 0 saturated heterocycles. The lowest BCUT2D eigenvalue weighted by Gasteiger charge is -2.15. The molecule has 1 heterocycles. The van der Waals surface area contributed by atoms with Crippen LogP contribution in [0.2, 0.25) is 0 Å². The summed E-state index contributed by atoms with van der Waals surface area (Å²) in [5.74, 6) is 2.18. The van der Waals surface area contributed by atoms with Crippen molar-refractivity contribution in [3.63, 3.8) is 0 Å². The molecular weight excluding hydrogens is 222 g/mol. The maximum absolute atomic E-state index is 5.85. The molecule has 0 saturated carbocycles. The van der Waals surface area contributed by atoms with Gasteiger partial charge < -0.3 is 9.73 Å². The highest BCUT2D eigenvalue weighted by molar-refractivity contribution is 5.10. The number of furan rings is 1. The first kappa shape index (κ1) is 15.0. The third kappa shape index (κ3) is 5.09. The molecule has 0 bridgehead atoms. The highest BCUT2D eigenvalue weighted by Gasteiger charge is 2.13. The van der Waals surface area contributed by atoms with E-state index in [1.54, 1.807) is 0 Å². The molecule has 0 aliphatic carbocycles. The first-order chi connectivity index (χ1) is 8.81. The van der Waals surface area contributed by atoms with Gasteiger partial charge in [-0.15, -0.1) is 6.58 Å². The van der Waals surface area contributed by atoms with Crippen molar-refractivity contribution in [2.75, 3.05) is 6.54 Å². The Morgan fingerprint density at radius 3 is 2.72 bits per heavy atom. The number of rotatable bonds is 10. The zero-order valence-corrected chi connectivity index (χ0v) is 11.9. The molecule has 1 aromatic heterocycles. The van der Waals surface area contributed by atoms with E-state index in [0.717, 1.165) is 37.3 Å². The van der Waals surface area contributed by atoms with Gasteiger partial charge >= 0.3 is 0 Å². The molecule has 0 spiro atoms. The van der Waals surface area contributed by atoms with Gasteiger partial charge in [-0.1, -0.05) is 32.8 Å². The van der Waals surface area contributed by atoms with Crippen molar-refractivity contribution in [2.24, 2.45) is 0 Å². The van der Waals surface area contributed by atoms with Crippen LogP contribution < -0.4 is 5.32 Å². The Morgan fingerprint density at radius 1 is 1.28 bits per heavy atom. The SMILES string of the molecule is C=CCCCCCC(NCC)c1ccc(CC)o1. The summed E-state index contributed by atoms with van der Waals surface area (Å²) >= 11 is 0. The summed E-state index contributed by atoms with van der Waals surface area (Å²) in [6.07, 6.45) is 9.03. The second kappa shape index (κ2) is 8.98. The minimum Gasteiger partial charge on any atom is -0.464 e. The maximum Gasteiger partial charge on any atom is 0.121 e. The van der Waals surface area contributed by atoms with E-state index in [1.807, 2.05) is 6.08 Å². The molecule has 2 nitrogen and oxygen atoms in total. The molecule has 2 heteroatoms. The molecule has 0 aliphatic rings. The third-order valence-electron chi connectivity index (χ3n) is 3.23. The average Bonchev–Trinajstić information content (AvgIpc) is 2.86. The second-order valence-electron chi connectivity index (χ2n) is 4.69. The average molecular weight is 249 g/mol. The smallest absolute Gasteiger partial charge is 0.121 e. The van der Waals surface area contributed by atoms with Gasteiger partial charge in [0.05, 0.1) is 6.04 Å². The Kier molecular flexibility index (Phi) is 7.51. The largest absolute Gasteiger partial charge is 0.464 e. The summed E-state index contributed by atoms with van der Waals surface area (Å²) in [4.78, 5) is 0. The van der Waals surface area contributed by atoms with Gasteiger partial charge in [-0.3, -0.25) is 0 Å². The van der Waals surface area contributed by atoms with Gasteiger partial charge in [-0.05, 0) is 37.9 Å². The minimum absolute atomic E-state index is 0.374. The summed E-state index contributed by atoms with van der Waals surface area (Å²) in [5.41, 5.74) is 0. The van der Waals surface area contributed by atoms with E-state index in [4.69, 9.17) is 4.42 Å². The fraction of sp³-hybridized carbons (Fsp3) is 0.625. The number of aryl methyl sites for hydroxylation is 1. The van der Waals surface area contributed by atoms with Gasteiger partial charge in [0.15, 0.2) is 0 Å².